The molecule has 5 rings (SSSR count). The van der Waals surface area contributed by atoms with Gasteiger partial charge in [0, 0.05) is 12.1 Å². The number of amides is 4. The molecule has 3 aliphatic heterocycles. The number of carbonyl (C=O) groups is 3. The van der Waals surface area contributed by atoms with Gasteiger partial charge in [0.2, 0.25) is 0 Å². The summed E-state index contributed by atoms with van der Waals surface area (Å²) < 4.78 is 11.2. The average Bonchev–Trinajstić information content (AvgIpc) is 3.36. The van der Waals surface area contributed by atoms with Crippen molar-refractivity contribution in [3.63, 3.8) is 0 Å². The Morgan fingerprint density at radius 3 is 2.79 bits per heavy atom. The molecule has 2 aromatic rings. The van der Waals surface area contributed by atoms with Crippen molar-refractivity contribution in [3.05, 3.63) is 52.5 Å². The van der Waals surface area contributed by atoms with Crippen LogP contribution in [0.5, 0.6) is 5.75 Å². The summed E-state index contributed by atoms with van der Waals surface area (Å²) >= 11 is 0. The third-order valence-electron chi connectivity index (χ3n) is 5.74. The summed E-state index contributed by atoms with van der Waals surface area (Å²) in [5.74, 6) is 0.941. The van der Waals surface area contributed by atoms with E-state index < -0.39 is 17.5 Å². The van der Waals surface area contributed by atoms with Gasteiger partial charge in [-0.05, 0) is 42.3 Å². The fourth-order valence-corrected chi connectivity index (χ4v) is 4.20. The fraction of sp³-hybridized carbons (Fsp3) is 0.350. The normalized spacial score (nSPS) is 22.9. The van der Waals surface area contributed by atoms with E-state index in [0.717, 1.165) is 29.9 Å². The van der Waals surface area contributed by atoms with Crippen LogP contribution in [0.3, 0.4) is 0 Å². The molecule has 3 N–H and O–H groups in total. The van der Waals surface area contributed by atoms with Crippen molar-refractivity contribution in [1.82, 2.24) is 20.9 Å². The van der Waals surface area contributed by atoms with E-state index in [2.05, 4.69) is 16.0 Å². The number of nitrogens with zero attached hydrogens (tertiary/aromatic N) is 1. The van der Waals surface area contributed by atoms with Crippen LogP contribution >= 0.6 is 0 Å². The zero-order valence-corrected chi connectivity index (χ0v) is 15.8. The Bertz CT molecular complexity index is 1020. The Morgan fingerprint density at radius 1 is 1.21 bits per heavy atom. The second-order valence-electron chi connectivity index (χ2n) is 7.48. The van der Waals surface area contributed by atoms with Crippen LogP contribution in [0.25, 0.3) is 0 Å². The van der Waals surface area contributed by atoms with Gasteiger partial charge in [0.15, 0.2) is 5.54 Å². The molecule has 1 atom stereocenters. The maximum absolute atomic E-state index is 13.0. The molecule has 4 amide bonds. The van der Waals surface area contributed by atoms with Gasteiger partial charge in [-0.2, -0.15) is 0 Å². The first-order valence-electron chi connectivity index (χ1n) is 9.43. The quantitative estimate of drug-likeness (QED) is 0.654. The predicted molar refractivity (Wildman–Crippen MR) is 100 cm³/mol. The minimum absolute atomic E-state index is 0.0276. The summed E-state index contributed by atoms with van der Waals surface area (Å²) in [4.78, 5) is 39.4. The number of nitrogens with one attached hydrogen (secondary N) is 3. The number of ether oxygens (including phenoxy) is 1. The molecule has 4 heterocycles. The topological polar surface area (TPSA) is 113 Å². The standard InChI is InChI=1S/C20H20N4O5/c1-28-13-3-2-12-9-24(17(25)14(12)7-13)10-20(18(26)22-19(27)23-20)16-6-11-4-5-21-8-15(11)29-16/h2-3,6-7,21H,4-5,8-10H2,1H3,(H2,22,23,26,27)/t20-/m0/s1. The molecule has 0 aliphatic carbocycles. The monoisotopic (exact) mass is 396 g/mol. The highest BCUT2D eigenvalue weighted by Crippen LogP contribution is 2.34. The smallest absolute Gasteiger partial charge is 0.322 e. The van der Waals surface area contributed by atoms with Crippen LogP contribution < -0.4 is 20.7 Å². The van der Waals surface area contributed by atoms with Crippen molar-refractivity contribution in [2.75, 3.05) is 20.2 Å². The van der Waals surface area contributed by atoms with Gasteiger partial charge in [0.05, 0.1) is 20.2 Å². The molecule has 0 saturated carbocycles. The lowest BCUT2D eigenvalue weighted by atomic mass is 9.94. The van der Waals surface area contributed by atoms with Crippen LogP contribution in [-0.2, 0) is 29.8 Å². The summed E-state index contributed by atoms with van der Waals surface area (Å²) in [6.07, 6.45) is 0.776. The van der Waals surface area contributed by atoms with E-state index in [-0.39, 0.29) is 12.5 Å². The molecule has 150 valence electrons. The molecule has 0 spiro atoms. The van der Waals surface area contributed by atoms with Crippen molar-refractivity contribution < 1.29 is 23.5 Å². The van der Waals surface area contributed by atoms with Gasteiger partial charge in [-0.3, -0.25) is 14.9 Å². The molecule has 0 unspecified atom stereocenters. The molecule has 3 aliphatic rings. The zero-order chi connectivity index (χ0) is 20.2. The molecular weight excluding hydrogens is 376 g/mol. The Labute approximate surface area is 166 Å². The van der Waals surface area contributed by atoms with Crippen LogP contribution in [0.1, 0.15) is 33.0 Å². The minimum Gasteiger partial charge on any atom is -0.497 e. The highest BCUT2D eigenvalue weighted by molar-refractivity contribution is 6.08. The summed E-state index contributed by atoms with van der Waals surface area (Å²) in [7, 11) is 1.54. The maximum Gasteiger partial charge on any atom is 0.322 e. The van der Waals surface area contributed by atoms with E-state index >= 15 is 0 Å². The first kappa shape index (κ1) is 17.7. The number of rotatable bonds is 4. The molecular formula is C20H20N4O5. The van der Waals surface area contributed by atoms with Crippen LogP contribution in [-0.4, -0.2) is 42.9 Å². The largest absolute Gasteiger partial charge is 0.497 e. The summed E-state index contributed by atoms with van der Waals surface area (Å²) in [6, 6.07) is 6.53. The first-order valence-corrected chi connectivity index (χ1v) is 9.43. The van der Waals surface area contributed by atoms with Crippen molar-refractivity contribution in [2.45, 2.75) is 25.0 Å². The van der Waals surface area contributed by atoms with Gasteiger partial charge in [-0.1, -0.05) is 6.07 Å². The van der Waals surface area contributed by atoms with Gasteiger partial charge >= 0.3 is 6.03 Å². The second kappa shape index (κ2) is 6.35. The Balaban J connectivity index is 1.51. The molecule has 29 heavy (non-hydrogen) atoms. The van der Waals surface area contributed by atoms with E-state index in [4.69, 9.17) is 9.15 Å². The number of furan rings is 1. The molecule has 9 nitrogen and oxygen atoms in total. The van der Waals surface area contributed by atoms with Gasteiger partial charge in [-0.15, -0.1) is 0 Å². The number of fused-ring (bicyclic) bond motifs is 2. The molecule has 1 saturated heterocycles. The summed E-state index contributed by atoms with van der Waals surface area (Å²) in [6.45, 7) is 1.69. The number of urea groups is 1. The summed E-state index contributed by atoms with van der Waals surface area (Å²) in [5, 5.41) is 8.22. The van der Waals surface area contributed by atoms with E-state index in [9.17, 15) is 14.4 Å². The highest BCUT2D eigenvalue weighted by atomic mass is 16.5. The van der Waals surface area contributed by atoms with Crippen molar-refractivity contribution in [1.29, 1.82) is 0 Å². The Hall–Kier alpha value is -3.33. The molecule has 1 aromatic heterocycles. The molecule has 0 bridgehead atoms. The lowest BCUT2D eigenvalue weighted by Crippen LogP contribution is -2.52. The third-order valence-corrected chi connectivity index (χ3v) is 5.74. The first-order chi connectivity index (χ1) is 14.0. The van der Waals surface area contributed by atoms with E-state index in [1.54, 1.807) is 24.1 Å². The van der Waals surface area contributed by atoms with Crippen LogP contribution in [0.15, 0.2) is 28.7 Å². The van der Waals surface area contributed by atoms with Crippen LogP contribution in [0.2, 0.25) is 0 Å². The minimum atomic E-state index is -1.46. The number of imide groups is 1. The second-order valence-corrected chi connectivity index (χ2v) is 7.48. The maximum atomic E-state index is 13.0. The molecule has 1 aromatic carbocycles. The van der Waals surface area contributed by atoms with Gasteiger partial charge in [-0.25, -0.2) is 4.79 Å². The number of carbonyl (C=O) groups excluding carboxylic acids is 3. The van der Waals surface area contributed by atoms with Crippen LogP contribution in [0.4, 0.5) is 4.79 Å². The lowest BCUT2D eigenvalue weighted by Gasteiger charge is -2.29. The van der Waals surface area contributed by atoms with Gasteiger partial charge in [0.25, 0.3) is 11.8 Å². The van der Waals surface area contributed by atoms with Crippen molar-refractivity contribution in [2.24, 2.45) is 0 Å². The van der Waals surface area contributed by atoms with Gasteiger partial charge in [0.1, 0.15) is 17.3 Å². The lowest BCUT2D eigenvalue weighted by molar-refractivity contribution is -0.125. The number of hydrogen-bond donors (Lipinski definition) is 3. The average molecular weight is 396 g/mol. The Kier molecular flexibility index (Phi) is 3.88. The van der Waals surface area contributed by atoms with E-state index in [1.165, 1.54) is 0 Å². The number of methoxy groups -OCH3 is 1. The predicted octanol–water partition coefficient (Wildman–Crippen LogP) is 0.625. The van der Waals surface area contributed by atoms with Gasteiger partial charge < -0.3 is 24.7 Å². The Morgan fingerprint density at radius 2 is 2.07 bits per heavy atom. The molecule has 9 heteroatoms. The molecule has 1 fully saturated rings. The molecule has 0 radical (unpaired) electrons. The summed E-state index contributed by atoms with van der Waals surface area (Å²) in [5.41, 5.74) is 0.926. The van der Waals surface area contributed by atoms with Crippen LogP contribution in [0, 0.1) is 0 Å². The zero-order valence-electron chi connectivity index (χ0n) is 15.8. The van der Waals surface area contributed by atoms with E-state index in [1.807, 2.05) is 12.1 Å². The van der Waals surface area contributed by atoms with Crippen molar-refractivity contribution in [3.8, 4) is 5.75 Å². The third kappa shape index (κ3) is 2.69. The van der Waals surface area contributed by atoms with E-state index in [0.29, 0.717) is 30.2 Å². The fourth-order valence-electron chi connectivity index (χ4n) is 4.20. The number of hydrogen-bond acceptors (Lipinski definition) is 6. The SMILES string of the molecule is COc1ccc2c(c1)C(=O)N(C[C@@]1(c3cc4c(o3)CNCC4)NC(=O)NC1=O)C2. The van der Waals surface area contributed by atoms with Crippen molar-refractivity contribution >= 4 is 17.8 Å². The highest BCUT2D eigenvalue weighted by Gasteiger charge is 2.53. The number of benzene rings is 1.